The van der Waals surface area contributed by atoms with Crippen molar-refractivity contribution in [1.82, 2.24) is 5.32 Å². The van der Waals surface area contributed by atoms with Crippen molar-refractivity contribution in [2.45, 2.75) is 38.3 Å². The van der Waals surface area contributed by atoms with Gasteiger partial charge < -0.3 is 20.9 Å². The van der Waals surface area contributed by atoms with E-state index in [0.717, 1.165) is 6.42 Å². The van der Waals surface area contributed by atoms with Gasteiger partial charge in [0.15, 0.2) is 0 Å². The molecule has 0 saturated heterocycles. The minimum absolute atomic E-state index is 0.0359. The summed E-state index contributed by atoms with van der Waals surface area (Å²) in [7, 11) is 1.56. The fourth-order valence-electron chi connectivity index (χ4n) is 1.22. The molecule has 5 nitrogen and oxygen atoms in total. The highest BCUT2D eigenvalue weighted by molar-refractivity contribution is 5.76. The van der Waals surface area contributed by atoms with E-state index in [1.165, 1.54) is 0 Å². The van der Waals surface area contributed by atoms with Crippen LogP contribution in [-0.4, -0.2) is 43.4 Å². The molecule has 2 atom stereocenters. The summed E-state index contributed by atoms with van der Waals surface area (Å²) >= 11 is 0. The molecule has 0 aromatic rings. The van der Waals surface area contributed by atoms with E-state index < -0.39 is 0 Å². The van der Waals surface area contributed by atoms with Gasteiger partial charge in [0, 0.05) is 26.2 Å². The summed E-state index contributed by atoms with van der Waals surface area (Å²) in [6, 6.07) is -0.223. The van der Waals surface area contributed by atoms with Crippen molar-refractivity contribution in [3.8, 4) is 0 Å². The highest BCUT2D eigenvalue weighted by Crippen LogP contribution is 1.97. The van der Waals surface area contributed by atoms with Crippen LogP contribution in [-0.2, 0) is 9.53 Å². The Morgan fingerprint density at radius 3 is 2.73 bits per heavy atom. The van der Waals surface area contributed by atoms with E-state index in [-0.39, 0.29) is 24.6 Å². The van der Waals surface area contributed by atoms with E-state index in [1.54, 1.807) is 7.11 Å². The number of carbonyl (C=O) groups is 1. The van der Waals surface area contributed by atoms with Gasteiger partial charge in [0.25, 0.3) is 0 Å². The molecule has 0 aliphatic carbocycles. The second-order valence-corrected chi connectivity index (χ2v) is 3.60. The van der Waals surface area contributed by atoms with Gasteiger partial charge in [0.05, 0.1) is 12.6 Å². The molecule has 0 aliphatic rings. The van der Waals surface area contributed by atoms with Crippen LogP contribution in [0.1, 0.15) is 26.2 Å². The van der Waals surface area contributed by atoms with Gasteiger partial charge in [-0.25, -0.2) is 0 Å². The Kier molecular flexibility index (Phi) is 8.27. The van der Waals surface area contributed by atoms with Crippen LogP contribution in [0.15, 0.2) is 0 Å². The first-order valence-electron chi connectivity index (χ1n) is 5.28. The molecule has 0 rings (SSSR count). The average molecular weight is 218 g/mol. The minimum Gasteiger partial charge on any atom is -0.396 e. The number of aliphatic hydroxyl groups is 1. The number of hydrogen-bond donors (Lipinski definition) is 3. The standard InChI is InChI=1S/C10H22N2O3/c1-3-8(11)6-10(14)12-9(4-5-13)7-15-2/h8-9,13H,3-7,11H2,1-2H3,(H,12,14). The maximum absolute atomic E-state index is 11.4. The molecular formula is C10H22N2O3. The SMILES string of the molecule is CCC(N)CC(=O)NC(CCO)COC. The third-order valence-electron chi connectivity index (χ3n) is 2.18. The second-order valence-electron chi connectivity index (χ2n) is 3.60. The Balaban J connectivity index is 3.87. The first-order valence-corrected chi connectivity index (χ1v) is 5.28. The molecule has 0 heterocycles. The quantitative estimate of drug-likeness (QED) is 0.519. The number of nitrogens with one attached hydrogen (secondary N) is 1. The summed E-state index contributed by atoms with van der Waals surface area (Å²) in [5.74, 6) is -0.0835. The van der Waals surface area contributed by atoms with Gasteiger partial charge in [-0.3, -0.25) is 4.79 Å². The summed E-state index contributed by atoms with van der Waals surface area (Å²) in [5, 5.41) is 11.6. The molecule has 0 saturated carbocycles. The van der Waals surface area contributed by atoms with Crippen LogP contribution in [0.3, 0.4) is 0 Å². The van der Waals surface area contributed by atoms with Crippen molar-refractivity contribution in [3.63, 3.8) is 0 Å². The zero-order chi connectivity index (χ0) is 11.7. The molecule has 0 bridgehead atoms. The number of amides is 1. The van der Waals surface area contributed by atoms with E-state index in [0.29, 0.717) is 19.4 Å². The van der Waals surface area contributed by atoms with Crippen molar-refractivity contribution in [2.75, 3.05) is 20.3 Å². The van der Waals surface area contributed by atoms with Gasteiger partial charge in [0.2, 0.25) is 5.91 Å². The van der Waals surface area contributed by atoms with Gasteiger partial charge in [-0.15, -0.1) is 0 Å². The zero-order valence-electron chi connectivity index (χ0n) is 9.53. The fourth-order valence-corrected chi connectivity index (χ4v) is 1.22. The van der Waals surface area contributed by atoms with Gasteiger partial charge in [-0.2, -0.15) is 0 Å². The van der Waals surface area contributed by atoms with Gasteiger partial charge >= 0.3 is 0 Å². The molecule has 0 aromatic carbocycles. The average Bonchev–Trinajstić information content (AvgIpc) is 2.18. The smallest absolute Gasteiger partial charge is 0.221 e. The number of hydrogen-bond acceptors (Lipinski definition) is 4. The number of aliphatic hydroxyl groups excluding tert-OH is 1. The maximum Gasteiger partial charge on any atom is 0.221 e. The Morgan fingerprint density at radius 2 is 2.27 bits per heavy atom. The summed E-state index contributed by atoms with van der Waals surface area (Å²) in [6.45, 7) is 2.39. The van der Waals surface area contributed by atoms with Crippen LogP contribution in [0, 0.1) is 0 Å². The summed E-state index contributed by atoms with van der Waals surface area (Å²) in [5.41, 5.74) is 5.66. The Hall–Kier alpha value is -0.650. The van der Waals surface area contributed by atoms with Crippen LogP contribution >= 0.6 is 0 Å². The molecule has 0 aliphatic heterocycles. The van der Waals surface area contributed by atoms with Gasteiger partial charge in [-0.05, 0) is 12.8 Å². The molecule has 0 radical (unpaired) electrons. The third-order valence-corrected chi connectivity index (χ3v) is 2.18. The van der Waals surface area contributed by atoms with E-state index >= 15 is 0 Å². The van der Waals surface area contributed by atoms with Crippen molar-refractivity contribution in [1.29, 1.82) is 0 Å². The van der Waals surface area contributed by atoms with E-state index in [4.69, 9.17) is 15.6 Å². The number of nitrogens with two attached hydrogens (primary N) is 1. The maximum atomic E-state index is 11.4. The van der Waals surface area contributed by atoms with E-state index in [9.17, 15) is 4.79 Å². The molecule has 2 unspecified atom stereocenters. The summed E-state index contributed by atoms with van der Waals surface area (Å²) in [6.07, 6.45) is 1.60. The number of carbonyl (C=O) groups excluding carboxylic acids is 1. The zero-order valence-corrected chi connectivity index (χ0v) is 9.53. The lowest BCUT2D eigenvalue weighted by Crippen LogP contribution is -2.41. The fraction of sp³-hybridized carbons (Fsp3) is 0.900. The molecule has 0 spiro atoms. The molecule has 1 amide bonds. The predicted octanol–water partition coefficient (Wildman–Crippen LogP) is -0.373. The Morgan fingerprint density at radius 1 is 1.60 bits per heavy atom. The van der Waals surface area contributed by atoms with E-state index in [1.807, 2.05) is 6.92 Å². The van der Waals surface area contributed by atoms with Crippen LogP contribution in [0.5, 0.6) is 0 Å². The van der Waals surface area contributed by atoms with Crippen molar-refractivity contribution in [3.05, 3.63) is 0 Å². The normalized spacial score (nSPS) is 14.7. The number of ether oxygens (including phenoxy) is 1. The summed E-state index contributed by atoms with van der Waals surface area (Å²) < 4.78 is 4.93. The van der Waals surface area contributed by atoms with Crippen LogP contribution in [0.4, 0.5) is 0 Å². The Labute approximate surface area is 91.0 Å². The third kappa shape index (κ3) is 7.30. The topological polar surface area (TPSA) is 84.6 Å². The first-order chi connectivity index (χ1) is 7.13. The highest BCUT2D eigenvalue weighted by atomic mass is 16.5. The van der Waals surface area contributed by atoms with Crippen molar-refractivity contribution in [2.24, 2.45) is 5.73 Å². The lowest BCUT2D eigenvalue weighted by atomic mass is 10.1. The van der Waals surface area contributed by atoms with Crippen LogP contribution in [0.2, 0.25) is 0 Å². The molecule has 90 valence electrons. The predicted molar refractivity (Wildman–Crippen MR) is 58.4 cm³/mol. The largest absolute Gasteiger partial charge is 0.396 e. The van der Waals surface area contributed by atoms with E-state index in [2.05, 4.69) is 5.32 Å². The van der Waals surface area contributed by atoms with Crippen molar-refractivity contribution >= 4 is 5.91 Å². The van der Waals surface area contributed by atoms with Crippen molar-refractivity contribution < 1.29 is 14.6 Å². The lowest BCUT2D eigenvalue weighted by Gasteiger charge is -2.18. The number of rotatable bonds is 8. The first kappa shape index (κ1) is 14.3. The monoisotopic (exact) mass is 218 g/mol. The minimum atomic E-state index is -0.128. The van der Waals surface area contributed by atoms with Gasteiger partial charge in [0.1, 0.15) is 0 Å². The molecule has 5 heteroatoms. The molecule has 4 N–H and O–H groups in total. The van der Waals surface area contributed by atoms with Gasteiger partial charge in [-0.1, -0.05) is 6.92 Å². The van der Waals surface area contributed by atoms with Crippen LogP contribution in [0.25, 0.3) is 0 Å². The number of methoxy groups -OCH3 is 1. The molecule has 0 aromatic heterocycles. The summed E-state index contributed by atoms with van der Waals surface area (Å²) in [4.78, 5) is 11.4. The molecule has 0 fully saturated rings. The highest BCUT2D eigenvalue weighted by Gasteiger charge is 2.13. The second kappa shape index (κ2) is 8.64. The Bertz CT molecular complexity index is 170. The lowest BCUT2D eigenvalue weighted by molar-refractivity contribution is -0.122. The molecule has 15 heavy (non-hydrogen) atoms. The van der Waals surface area contributed by atoms with Crippen LogP contribution < -0.4 is 11.1 Å². The molecular weight excluding hydrogens is 196 g/mol.